The van der Waals surface area contributed by atoms with Crippen LogP contribution in [0.5, 0.6) is 0 Å². The molecule has 0 N–H and O–H groups in total. The van der Waals surface area contributed by atoms with E-state index in [1.807, 2.05) is 6.07 Å². The summed E-state index contributed by atoms with van der Waals surface area (Å²) < 4.78 is 0. The molecule has 0 radical (unpaired) electrons. The SMILES string of the molecule is Cc1ccccc1Pc1cc2ccccc2[cH-]1.[F-].[F-].[Hf+4].[c-]1cccc2c1Cc1ccccc1-2. The average molecular weight is 619 g/mol. The minimum absolute atomic E-state index is 0. The molecule has 1 aliphatic rings. The molecule has 0 saturated carbocycles. The molecule has 0 nitrogen and oxygen atoms in total. The van der Waals surface area contributed by atoms with Gasteiger partial charge in [0.25, 0.3) is 0 Å². The summed E-state index contributed by atoms with van der Waals surface area (Å²) in [5, 5.41) is 5.58. The molecule has 1 unspecified atom stereocenters. The predicted octanol–water partition coefficient (Wildman–Crippen LogP) is 0.560. The van der Waals surface area contributed by atoms with Gasteiger partial charge in [0.15, 0.2) is 0 Å². The van der Waals surface area contributed by atoms with Gasteiger partial charge in [-0.25, -0.2) is 0 Å². The van der Waals surface area contributed by atoms with Gasteiger partial charge >= 0.3 is 25.8 Å². The first kappa shape index (κ1) is 26.9. The molecule has 0 saturated heterocycles. The minimum atomic E-state index is 0. The number of fused-ring (bicyclic) bond motifs is 4. The summed E-state index contributed by atoms with van der Waals surface area (Å²) in [6.45, 7) is 2.19. The molecular weight excluding hydrogens is 596 g/mol. The van der Waals surface area contributed by atoms with Crippen molar-refractivity contribution in [3.63, 3.8) is 0 Å². The number of hydrogen-bond donors (Lipinski definition) is 0. The third-order valence-corrected chi connectivity index (χ3v) is 7.07. The molecule has 162 valence electrons. The Hall–Kier alpha value is -2.35. The Labute approximate surface area is 214 Å². The number of aryl methyl sites for hydroxylation is 1. The summed E-state index contributed by atoms with van der Waals surface area (Å²) >= 11 is 0. The van der Waals surface area contributed by atoms with E-state index in [-0.39, 0.29) is 35.3 Å². The first-order valence-corrected chi connectivity index (χ1v) is 11.3. The van der Waals surface area contributed by atoms with Crippen molar-refractivity contribution in [1.82, 2.24) is 0 Å². The summed E-state index contributed by atoms with van der Waals surface area (Å²) in [7, 11) is 0.759. The minimum Gasteiger partial charge on any atom is -1.00 e. The van der Waals surface area contributed by atoms with Gasteiger partial charge in [-0.05, 0) is 24.2 Å². The van der Waals surface area contributed by atoms with Gasteiger partial charge in [0.1, 0.15) is 0 Å². The Morgan fingerprint density at radius 3 is 2.30 bits per heavy atom. The monoisotopic (exact) mass is 620 g/mol. The van der Waals surface area contributed by atoms with Gasteiger partial charge in [-0.1, -0.05) is 74.3 Å². The molecule has 0 amide bonds. The van der Waals surface area contributed by atoms with E-state index in [9.17, 15) is 0 Å². The first-order valence-electron chi connectivity index (χ1n) is 10.3. The Morgan fingerprint density at radius 1 is 0.788 bits per heavy atom. The molecule has 5 aromatic rings. The van der Waals surface area contributed by atoms with Crippen LogP contribution in [0.15, 0.2) is 103 Å². The normalized spacial score (nSPS) is 10.8. The summed E-state index contributed by atoms with van der Waals surface area (Å²) in [5.74, 6) is 0. The summed E-state index contributed by atoms with van der Waals surface area (Å²) in [4.78, 5) is 0. The van der Waals surface area contributed by atoms with Gasteiger partial charge < -0.3 is 9.41 Å². The molecule has 1 aliphatic carbocycles. The molecular formula is C29H23F2HfP. The van der Waals surface area contributed by atoms with Crippen molar-refractivity contribution < 1.29 is 35.3 Å². The van der Waals surface area contributed by atoms with E-state index in [1.165, 1.54) is 49.2 Å². The van der Waals surface area contributed by atoms with Gasteiger partial charge in [0.2, 0.25) is 0 Å². The van der Waals surface area contributed by atoms with Gasteiger partial charge in [-0.3, -0.25) is 0 Å². The van der Waals surface area contributed by atoms with Gasteiger partial charge in [-0.15, -0.1) is 45.9 Å². The number of hydrogen-bond acceptors (Lipinski definition) is 0. The van der Waals surface area contributed by atoms with E-state index in [1.54, 1.807) is 0 Å². The zero-order valence-electron chi connectivity index (χ0n) is 18.3. The second kappa shape index (κ2) is 12.2. The van der Waals surface area contributed by atoms with Gasteiger partial charge in [-0.2, -0.15) is 35.9 Å². The van der Waals surface area contributed by atoms with Crippen LogP contribution in [-0.2, 0) is 32.3 Å². The maximum absolute atomic E-state index is 3.30. The van der Waals surface area contributed by atoms with Crippen molar-refractivity contribution in [1.29, 1.82) is 0 Å². The van der Waals surface area contributed by atoms with Crippen molar-refractivity contribution in [3.05, 3.63) is 126 Å². The van der Waals surface area contributed by atoms with Crippen LogP contribution in [0.25, 0.3) is 21.9 Å². The topological polar surface area (TPSA) is 0 Å². The van der Waals surface area contributed by atoms with Crippen LogP contribution in [0.3, 0.4) is 0 Å². The number of rotatable bonds is 2. The van der Waals surface area contributed by atoms with Crippen LogP contribution < -0.4 is 20.0 Å². The van der Waals surface area contributed by atoms with E-state index in [4.69, 9.17) is 0 Å². The molecule has 4 heteroatoms. The molecule has 0 bridgehead atoms. The third kappa shape index (κ3) is 5.96. The van der Waals surface area contributed by atoms with Crippen molar-refractivity contribution in [2.45, 2.75) is 13.3 Å². The maximum Gasteiger partial charge on any atom is 4.00 e. The van der Waals surface area contributed by atoms with E-state index in [2.05, 4.69) is 110 Å². The summed E-state index contributed by atoms with van der Waals surface area (Å²) in [6.07, 6.45) is 1.05. The fourth-order valence-electron chi connectivity index (χ4n) is 4.09. The van der Waals surface area contributed by atoms with Gasteiger partial charge in [0, 0.05) is 0 Å². The van der Waals surface area contributed by atoms with Crippen LogP contribution in [0.4, 0.5) is 0 Å². The van der Waals surface area contributed by atoms with Crippen molar-refractivity contribution in [2.24, 2.45) is 0 Å². The number of halogens is 2. The van der Waals surface area contributed by atoms with Crippen LogP contribution in [0.2, 0.25) is 0 Å². The maximum atomic E-state index is 3.30. The zero-order chi connectivity index (χ0) is 20.3. The van der Waals surface area contributed by atoms with Gasteiger partial charge in [0.05, 0.1) is 0 Å². The van der Waals surface area contributed by atoms with Crippen molar-refractivity contribution in [3.8, 4) is 11.1 Å². The van der Waals surface area contributed by atoms with Crippen molar-refractivity contribution in [2.75, 3.05) is 0 Å². The van der Waals surface area contributed by atoms with E-state index in [0.29, 0.717) is 0 Å². The fourth-order valence-corrected chi connectivity index (χ4v) is 5.32. The third-order valence-electron chi connectivity index (χ3n) is 5.66. The smallest absolute Gasteiger partial charge is 1.00 e. The Kier molecular flexibility index (Phi) is 9.95. The average Bonchev–Trinajstić information content (AvgIpc) is 3.36. The zero-order valence-corrected chi connectivity index (χ0v) is 22.9. The van der Waals surface area contributed by atoms with Crippen LogP contribution in [-0.4, -0.2) is 0 Å². The quantitative estimate of drug-likeness (QED) is 0.151. The first-order chi connectivity index (χ1) is 14.8. The van der Waals surface area contributed by atoms with E-state index < -0.39 is 0 Å². The molecule has 0 aliphatic heterocycles. The summed E-state index contributed by atoms with van der Waals surface area (Å²) in [6, 6.07) is 39.9. The fraction of sp³-hybridized carbons (Fsp3) is 0.0690. The van der Waals surface area contributed by atoms with Crippen LogP contribution in [0.1, 0.15) is 16.7 Å². The molecule has 6 rings (SSSR count). The van der Waals surface area contributed by atoms with Crippen molar-refractivity contribution >= 4 is 30.0 Å². The Bertz CT molecular complexity index is 1250. The molecule has 5 aromatic carbocycles. The molecule has 0 fully saturated rings. The second-order valence-corrected chi connectivity index (χ2v) is 9.08. The largest absolute Gasteiger partial charge is 4.00 e. The summed E-state index contributed by atoms with van der Waals surface area (Å²) in [5.41, 5.74) is 6.90. The Morgan fingerprint density at radius 2 is 1.48 bits per heavy atom. The standard InChI is InChI=1S/C16H14P.C13H9.2FH.Hf/c1-12-6-2-5-9-16(12)17-15-10-13-7-3-4-8-14(13)11-15;1-3-7-12-10(5-1)9-11-6-2-4-8-13(11)12;;;/h2-11,17H,1H3;1-5,7-8H,9H2;2*1H;/q2*-1;;;+4/p-2. The molecule has 0 spiro atoms. The van der Waals surface area contributed by atoms with Crippen LogP contribution in [0, 0.1) is 13.0 Å². The molecule has 0 heterocycles. The van der Waals surface area contributed by atoms with Crippen LogP contribution >= 0.6 is 8.58 Å². The molecule has 1 atom stereocenters. The Balaban J connectivity index is 0.000000220. The molecule has 33 heavy (non-hydrogen) atoms. The molecule has 0 aromatic heterocycles. The van der Waals surface area contributed by atoms with E-state index >= 15 is 0 Å². The van der Waals surface area contributed by atoms with E-state index in [0.717, 1.165) is 15.0 Å². The second-order valence-electron chi connectivity index (χ2n) is 7.71. The predicted molar refractivity (Wildman–Crippen MR) is 132 cm³/mol. The number of benzene rings is 4.